The molecule has 0 aliphatic carbocycles. The van der Waals surface area contributed by atoms with Crippen LogP contribution in [0.4, 0.5) is 0 Å². The van der Waals surface area contributed by atoms with Crippen LogP contribution in [0.3, 0.4) is 0 Å². The van der Waals surface area contributed by atoms with Crippen molar-refractivity contribution >= 4 is 229 Å². The molecule has 496 valence electrons. The third-order valence-electron chi connectivity index (χ3n) is 5.44. The van der Waals surface area contributed by atoms with E-state index in [1.165, 1.54) is 0 Å². The average Bonchev–Trinajstić information content (AvgIpc) is 3.27. The number of hydrogen-bond acceptors (Lipinski definition) is 12. The molecule has 0 fully saturated rings. The summed E-state index contributed by atoms with van der Waals surface area (Å²) in [7, 11) is 0. The molecule has 39 heteroatoms. The van der Waals surface area contributed by atoms with Crippen molar-refractivity contribution in [2.45, 2.75) is 160 Å². The molecular formula is C36H84Cu8O12P6Se13. The van der Waals surface area contributed by atoms with Gasteiger partial charge in [0.1, 0.15) is 0 Å². The molecule has 0 aromatic carbocycles. The molecule has 0 radical (unpaired) electrons. The normalized spacial score (nSPS) is 10.5. The zero-order valence-corrected chi connectivity index (χ0v) is 79.4. The Morgan fingerprint density at radius 2 is 0.253 bits per heavy atom. The first-order chi connectivity index (χ1) is 30.7. The van der Waals surface area contributed by atoms with Crippen LogP contribution in [0.2, 0.25) is 0 Å². The Hall–Kier alpha value is 13.0. The first kappa shape index (κ1) is 125. The Labute approximate surface area is 648 Å². The fraction of sp³-hybridized carbons (Fsp3) is 1.00. The average molecular weight is 2430 g/mol. The molecule has 0 N–H and O–H groups in total. The van der Waals surface area contributed by atoms with E-state index < -0.39 is 27.9 Å². The van der Waals surface area contributed by atoms with Gasteiger partial charge in [0.2, 0.25) is 0 Å². The summed E-state index contributed by atoms with van der Waals surface area (Å²) in [5.41, 5.74) is 0. The van der Waals surface area contributed by atoms with Crippen molar-refractivity contribution in [2.75, 3.05) is 79.3 Å². The van der Waals surface area contributed by atoms with Crippen molar-refractivity contribution in [3.8, 4) is 0 Å². The van der Waals surface area contributed by atoms with Gasteiger partial charge in [-0.2, -0.15) is 0 Å². The molecule has 75 heavy (non-hydrogen) atoms. The fourth-order valence-corrected chi connectivity index (χ4v) is 19.2. The maximum Gasteiger partial charge on any atom is 1.00 e. The second kappa shape index (κ2) is 89.1. The van der Waals surface area contributed by atoms with Crippen LogP contribution in [0.1, 0.15) is 160 Å². The standard InChI is InChI=1S/6C6H15O2PSe2.8Cu.Se/c6*1-3-5-7-9(10,11)8-6-4-2;;;;;;;;;/h6*3-6H2,1-2H3,(H,10,11);;;;;;;;;/q;;;;;;8*+1;-2/p-6. The summed E-state index contributed by atoms with van der Waals surface area (Å²) in [5, 5.41) is 0. The largest absolute Gasteiger partial charge is 2.00 e. The van der Waals surface area contributed by atoms with Crippen LogP contribution < -0.4 is 0 Å². The van der Waals surface area contributed by atoms with Crippen LogP contribution in [0.5, 0.6) is 0 Å². The first-order valence-electron chi connectivity index (χ1n) is 22.3. The molecular weight excluding hydrogens is 2350 g/mol. The van der Waals surface area contributed by atoms with Crippen molar-refractivity contribution in [2.24, 2.45) is 0 Å². The predicted octanol–water partition coefficient (Wildman–Crippen LogP) is 10.7. The van der Waals surface area contributed by atoms with Gasteiger partial charge in [-0.15, -0.1) is 0 Å². The minimum atomic E-state index is -1.73. The van der Waals surface area contributed by atoms with E-state index in [-0.39, 0.29) is 154 Å². The van der Waals surface area contributed by atoms with E-state index in [0.717, 1.165) is 156 Å². The van der Waals surface area contributed by atoms with Crippen LogP contribution in [0.25, 0.3) is 0 Å². The Bertz CT molecular complexity index is 1060. The number of hydrogen-bond donors (Lipinski definition) is 0. The Morgan fingerprint density at radius 1 is 0.200 bits per heavy atom. The van der Waals surface area contributed by atoms with Crippen LogP contribution in [-0.2, 0) is 191 Å². The van der Waals surface area contributed by atoms with Gasteiger partial charge in [0.15, 0.2) is 0 Å². The van der Waals surface area contributed by atoms with Crippen molar-refractivity contribution in [3.63, 3.8) is 0 Å². The second-order valence-corrected chi connectivity index (χ2v) is 78.5. The Kier molecular flexibility index (Phi) is 148. The van der Waals surface area contributed by atoms with Gasteiger partial charge in [0.05, 0.1) is 0 Å². The summed E-state index contributed by atoms with van der Waals surface area (Å²) in [4.78, 5) is 0. The third kappa shape index (κ3) is 118. The summed E-state index contributed by atoms with van der Waals surface area (Å²) in [6.45, 7) is 34.1. The molecule has 0 unspecified atom stereocenters. The minimum Gasteiger partial charge on any atom is -2.00 e. The summed E-state index contributed by atoms with van der Waals surface area (Å²) in [6.07, 6.45) is 12.3. The molecule has 12 nitrogen and oxygen atoms in total. The topological polar surface area (TPSA) is 111 Å². The molecule has 0 aliphatic heterocycles. The third-order valence-corrected chi connectivity index (χ3v) is 27.4. The second-order valence-electron chi connectivity index (χ2n) is 12.7. The fourth-order valence-electron chi connectivity index (χ4n) is 2.66. The van der Waals surface area contributed by atoms with Gasteiger partial charge in [-0.3, -0.25) is 0 Å². The van der Waals surface area contributed by atoms with Crippen molar-refractivity contribution < 1.29 is 191 Å². The predicted molar refractivity (Wildman–Crippen MR) is 311 cm³/mol. The maximum atomic E-state index is 5.46. The molecule has 0 aromatic heterocycles. The molecule has 0 bridgehead atoms. The SMILES string of the molecule is CCCOP(=[Se])([Se-])OCCC.CCCOP(=[Se])([Se-])OCCC.CCCOP(=[Se])([Se-])OCCC.CCCOP(=[Se])([Se-])OCCC.CCCOP(=[Se])([Se-])OCCC.CCCOP(=[Se])([Se-])OCCC.[Cu+].[Cu+].[Cu+].[Cu+].[Cu+].[Cu+].[Cu+].[Cu+].[Se-2]. The van der Waals surface area contributed by atoms with Crippen LogP contribution in [0.15, 0.2) is 0 Å². The van der Waals surface area contributed by atoms with Gasteiger partial charge in [-0.25, -0.2) is 0 Å². The summed E-state index contributed by atoms with van der Waals surface area (Å²) in [6, 6.07) is 0. The quantitative estimate of drug-likeness (QED) is 0.0440. The maximum absolute atomic E-state index is 5.46. The molecule has 0 heterocycles. The Balaban J connectivity index is -0.0000000433. The van der Waals surface area contributed by atoms with Crippen LogP contribution in [0, 0.1) is 0 Å². The summed E-state index contributed by atoms with van der Waals surface area (Å²) in [5.74, 6) is 0. The van der Waals surface area contributed by atoms with E-state index in [1.807, 2.05) is 0 Å². The molecule has 0 atom stereocenters. The molecule has 0 saturated carbocycles. The van der Waals surface area contributed by atoms with Gasteiger partial charge in [-0.05, 0) is 0 Å². The van der Waals surface area contributed by atoms with E-state index >= 15 is 0 Å². The zero-order valence-electron chi connectivity index (χ0n) is 44.3. The van der Waals surface area contributed by atoms with E-state index in [9.17, 15) is 0 Å². The summed E-state index contributed by atoms with van der Waals surface area (Å²) < 4.78 is 55.1. The smallest absolute Gasteiger partial charge is 1.00 e. The zero-order chi connectivity index (χ0) is 52.5. The number of rotatable bonds is 36. The molecule has 0 rings (SSSR count). The molecule has 0 aliphatic rings. The minimum absolute atomic E-state index is 0. The van der Waals surface area contributed by atoms with Gasteiger partial charge < -0.3 is 17.1 Å². The van der Waals surface area contributed by atoms with Crippen LogP contribution in [-0.4, -0.2) is 280 Å². The van der Waals surface area contributed by atoms with Crippen molar-refractivity contribution in [3.05, 3.63) is 0 Å². The van der Waals surface area contributed by atoms with Crippen LogP contribution >= 0.6 is 27.9 Å². The van der Waals surface area contributed by atoms with E-state index in [4.69, 9.17) is 54.3 Å². The van der Waals surface area contributed by atoms with E-state index in [0.29, 0.717) is 0 Å². The van der Waals surface area contributed by atoms with Gasteiger partial charge in [0.25, 0.3) is 0 Å². The van der Waals surface area contributed by atoms with E-state index in [1.54, 1.807) is 0 Å². The first-order valence-corrected chi connectivity index (χ1v) is 58.7. The molecule has 0 aromatic rings. The molecule has 0 amide bonds. The molecule has 0 saturated heterocycles. The summed E-state index contributed by atoms with van der Waals surface area (Å²) >= 11 is 35.2. The van der Waals surface area contributed by atoms with Crippen molar-refractivity contribution in [1.82, 2.24) is 0 Å². The molecule has 0 spiro atoms. The monoisotopic (exact) mass is 2440 g/mol. The van der Waals surface area contributed by atoms with Gasteiger partial charge in [0, 0.05) is 0 Å². The van der Waals surface area contributed by atoms with Crippen molar-refractivity contribution in [1.29, 1.82) is 0 Å². The van der Waals surface area contributed by atoms with Gasteiger partial charge in [-0.1, -0.05) is 0 Å². The van der Waals surface area contributed by atoms with E-state index in [2.05, 4.69) is 267 Å². The van der Waals surface area contributed by atoms with Gasteiger partial charge >= 0.3 is 642 Å². The Morgan fingerprint density at radius 3 is 0.293 bits per heavy atom.